The molecule has 1 amide bonds. The van der Waals surface area contributed by atoms with Crippen LogP contribution in [-0.2, 0) is 20.6 Å². The Bertz CT molecular complexity index is 1760. The van der Waals surface area contributed by atoms with Gasteiger partial charge in [0.05, 0.1) is 33.4 Å². The van der Waals surface area contributed by atoms with E-state index in [0.717, 1.165) is 48.6 Å². The van der Waals surface area contributed by atoms with E-state index in [9.17, 15) is 13.2 Å². The molecular weight excluding hydrogens is 617 g/mol. The number of pyridine rings is 1. The van der Waals surface area contributed by atoms with Crippen LogP contribution in [-0.4, -0.2) is 56.9 Å². The third-order valence-corrected chi connectivity index (χ3v) is 11.0. The van der Waals surface area contributed by atoms with E-state index in [1.807, 2.05) is 54.6 Å². The van der Waals surface area contributed by atoms with Gasteiger partial charge >= 0.3 is 0 Å². The molecule has 2 aliphatic rings. The topological polar surface area (TPSA) is 99.8 Å². The molecule has 8 nitrogen and oxygen atoms in total. The fraction of sp³-hybridized carbons (Fsp3) is 0.273. The van der Waals surface area contributed by atoms with Gasteiger partial charge < -0.3 is 10.6 Å². The molecule has 0 spiro atoms. The molecule has 0 bridgehead atoms. The van der Waals surface area contributed by atoms with Crippen molar-refractivity contribution in [3.63, 3.8) is 0 Å². The van der Waals surface area contributed by atoms with E-state index in [1.54, 1.807) is 36.7 Å². The number of anilines is 2. The summed E-state index contributed by atoms with van der Waals surface area (Å²) in [6.45, 7) is 3.93. The lowest BCUT2D eigenvalue weighted by molar-refractivity contribution is -0.122. The third-order valence-electron chi connectivity index (χ3n) is 8.50. The highest BCUT2D eigenvalue weighted by atomic mass is 35.5. The van der Waals surface area contributed by atoms with Gasteiger partial charge in [0.25, 0.3) is 0 Å². The van der Waals surface area contributed by atoms with Crippen LogP contribution in [0.25, 0.3) is 11.1 Å². The number of aromatic nitrogens is 1. The Balaban J connectivity index is 1.32. The van der Waals surface area contributed by atoms with Crippen LogP contribution < -0.4 is 14.9 Å². The van der Waals surface area contributed by atoms with Crippen molar-refractivity contribution in [2.45, 2.75) is 18.2 Å². The van der Waals surface area contributed by atoms with E-state index in [2.05, 4.69) is 14.8 Å². The number of benzene rings is 3. The van der Waals surface area contributed by atoms with Crippen LogP contribution in [0.15, 0.2) is 91.3 Å². The molecule has 6 rings (SSSR count). The second-order valence-corrected chi connectivity index (χ2v) is 13.8. The Morgan fingerprint density at radius 3 is 2.27 bits per heavy atom. The molecule has 1 aromatic heterocycles. The van der Waals surface area contributed by atoms with E-state index in [0.29, 0.717) is 29.2 Å². The van der Waals surface area contributed by atoms with Crippen LogP contribution in [0.1, 0.15) is 23.6 Å². The summed E-state index contributed by atoms with van der Waals surface area (Å²) < 4.78 is 30.3. The van der Waals surface area contributed by atoms with Gasteiger partial charge in [-0.1, -0.05) is 71.7 Å². The van der Waals surface area contributed by atoms with Crippen molar-refractivity contribution in [3.8, 4) is 11.1 Å². The number of nitrogens with two attached hydrogens (primary N) is 1. The minimum absolute atomic E-state index is 0.277. The number of sulfonamides is 1. The first-order valence-corrected chi connectivity index (χ1v) is 16.9. The van der Waals surface area contributed by atoms with Crippen molar-refractivity contribution < 1.29 is 13.2 Å². The van der Waals surface area contributed by atoms with Gasteiger partial charge in [0.15, 0.2) is 0 Å². The zero-order valence-electron chi connectivity index (χ0n) is 24.0. The molecule has 0 radical (unpaired) electrons. The molecule has 2 atom stereocenters. The molecule has 0 saturated carbocycles. The molecule has 1 fully saturated rings. The number of amides is 1. The molecule has 0 aliphatic carbocycles. The van der Waals surface area contributed by atoms with Crippen LogP contribution in [0.5, 0.6) is 0 Å². The largest absolute Gasteiger partial charge is 0.369 e. The fourth-order valence-corrected chi connectivity index (χ4v) is 8.47. The second-order valence-electron chi connectivity index (χ2n) is 11.2. The maximum atomic E-state index is 14.4. The first kappa shape index (κ1) is 30.4. The number of rotatable bonds is 9. The number of carbonyl (C=O) groups is 1. The quantitative estimate of drug-likeness (QED) is 0.247. The zero-order valence-corrected chi connectivity index (χ0v) is 26.3. The molecule has 4 aromatic rings. The minimum atomic E-state index is -4.03. The molecule has 44 heavy (non-hydrogen) atoms. The number of piperazine rings is 1. The summed E-state index contributed by atoms with van der Waals surface area (Å²) in [5.41, 5.74) is 10.7. The third kappa shape index (κ3) is 6.15. The van der Waals surface area contributed by atoms with E-state index < -0.39 is 27.9 Å². The molecule has 11 heteroatoms. The minimum Gasteiger partial charge on any atom is -0.369 e. The smallest absolute Gasteiger partial charge is 0.239 e. The summed E-state index contributed by atoms with van der Waals surface area (Å²) in [5.74, 6) is -1.63. The van der Waals surface area contributed by atoms with Gasteiger partial charge in [0.1, 0.15) is 0 Å². The number of carbonyl (C=O) groups excluding carboxylic acids is 1. The average molecular weight is 651 g/mol. The Labute approximate surface area is 268 Å². The van der Waals surface area contributed by atoms with Crippen LogP contribution in [0.3, 0.4) is 0 Å². The maximum Gasteiger partial charge on any atom is 0.239 e. The molecule has 1 saturated heterocycles. The van der Waals surface area contributed by atoms with Gasteiger partial charge in [-0.2, -0.15) is 0 Å². The highest BCUT2D eigenvalue weighted by molar-refractivity contribution is 7.92. The number of fused-ring (bicyclic) bond motifs is 3. The van der Waals surface area contributed by atoms with Crippen LogP contribution >= 0.6 is 23.2 Å². The Kier molecular flexibility index (Phi) is 8.82. The molecule has 3 aromatic carbocycles. The van der Waals surface area contributed by atoms with Crippen molar-refractivity contribution in [3.05, 3.63) is 112 Å². The van der Waals surface area contributed by atoms with E-state index in [1.165, 1.54) is 4.31 Å². The van der Waals surface area contributed by atoms with Crippen LogP contribution in [0, 0.1) is 5.92 Å². The molecule has 3 heterocycles. The summed E-state index contributed by atoms with van der Waals surface area (Å²) in [7, 11) is -4.03. The Morgan fingerprint density at radius 1 is 0.886 bits per heavy atom. The summed E-state index contributed by atoms with van der Waals surface area (Å²) in [6, 6.07) is 23.1. The van der Waals surface area contributed by atoms with Gasteiger partial charge in [-0.3, -0.25) is 19.0 Å². The van der Waals surface area contributed by atoms with E-state index in [-0.39, 0.29) is 10.8 Å². The van der Waals surface area contributed by atoms with E-state index >= 15 is 0 Å². The van der Waals surface area contributed by atoms with Crippen molar-refractivity contribution in [2.24, 2.45) is 11.7 Å². The predicted molar refractivity (Wildman–Crippen MR) is 176 cm³/mol. The average Bonchev–Trinajstić information content (AvgIpc) is 3.03. The monoisotopic (exact) mass is 649 g/mol. The number of para-hydroxylation sites is 1. The summed E-state index contributed by atoms with van der Waals surface area (Å²) in [4.78, 5) is 22.0. The number of primary amides is 1. The van der Waals surface area contributed by atoms with Gasteiger partial charge in [-0.25, -0.2) is 8.42 Å². The molecule has 2 N–H and O–H groups in total. The van der Waals surface area contributed by atoms with Gasteiger partial charge in [0, 0.05) is 49.8 Å². The molecule has 2 unspecified atom stereocenters. The molecular formula is C33H33Cl2N5O3S. The van der Waals surface area contributed by atoms with Crippen LogP contribution in [0.4, 0.5) is 11.4 Å². The highest BCUT2D eigenvalue weighted by Gasteiger charge is 2.44. The maximum absolute atomic E-state index is 14.4. The zero-order chi connectivity index (χ0) is 30.8. The SMILES string of the molecule is NC(=O)C(CCN1CCN(c2ccncc2)CC1)C1c2ccccc2-c2ccccc2N1S(=O)(=O)Cc1ccc(Cl)c(Cl)c1. The van der Waals surface area contributed by atoms with Crippen molar-refractivity contribution in [1.82, 2.24) is 9.88 Å². The lowest BCUT2D eigenvalue weighted by Crippen LogP contribution is -2.49. The number of hydrogen-bond donors (Lipinski definition) is 1. The number of hydrogen-bond acceptors (Lipinski definition) is 6. The lowest BCUT2D eigenvalue weighted by Gasteiger charge is -2.43. The van der Waals surface area contributed by atoms with E-state index in [4.69, 9.17) is 28.9 Å². The summed E-state index contributed by atoms with van der Waals surface area (Å²) >= 11 is 12.4. The van der Waals surface area contributed by atoms with Gasteiger partial charge in [-0.05, 0) is 60.0 Å². The normalized spacial score (nSPS) is 17.5. The molecule has 228 valence electrons. The van der Waals surface area contributed by atoms with Gasteiger partial charge in [-0.15, -0.1) is 0 Å². The van der Waals surface area contributed by atoms with Gasteiger partial charge in [0.2, 0.25) is 15.9 Å². The standard InChI is InChI=1S/C33H33Cl2N5O3S/c34-29-10-9-23(21-30(29)35)22-44(42,43)40-31-8-4-3-6-26(31)25-5-1-2-7-27(25)32(40)28(33(36)41)13-16-38-17-19-39(20-18-38)24-11-14-37-15-12-24/h1-12,14-15,21,28,32H,13,16-20,22H2,(H2,36,41). The summed E-state index contributed by atoms with van der Waals surface area (Å²) in [5, 5.41) is 0.623. The molecule has 2 aliphatic heterocycles. The number of nitrogens with zero attached hydrogens (tertiary/aromatic N) is 4. The second kappa shape index (κ2) is 12.8. The highest BCUT2D eigenvalue weighted by Crippen LogP contribution is 2.49. The summed E-state index contributed by atoms with van der Waals surface area (Å²) in [6.07, 6.45) is 3.99. The Hall–Kier alpha value is -3.63. The predicted octanol–water partition coefficient (Wildman–Crippen LogP) is 5.76. The fourth-order valence-electron chi connectivity index (χ4n) is 6.34. The van der Waals surface area contributed by atoms with Crippen molar-refractivity contribution in [2.75, 3.05) is 41.9 Å². The Morgan fingerprint density at radius 2 is 1.57 bits per heavy atom. The first-order chi connectivity index (χ1) is 21.2. The van der Waals surface area contributed by atoms with Crippen molar-refractivity contribution in [1.29, 1.82) is 0 Å². The number of halogens is 2. The lowest BCUT2D eigenvalue weighted by atomic mass is 9.82. The van der Waals surface area contributed by atoms with Crippen molar-refractivity contribution >= 4 is 50.5 Å². The first-order valence-electron chi connectivity index (χ1n) is 14.5. The van der Waals surface area contributed by atoms with Crippen LogP contribution in [0.2, 0.25) is 10.0 Å².